The summed E-state index contributed by atoms with van der Waals surface area (Å²) in [5, 5.41) is 3.98. The van der Waals surface area contributed by atoms with Gasteiger partial charge in [-0.25, -0.2) is 14.4 Å². The molecular formula is C22H23Cl2FN4O. The molecule has 1 aromatic carbocycles. The van der Waals surface area contributed by atoms with Gasteiger partial charge in [-0.2, -0.15) is 0 Å². The highest BCUT2D eigenvalue weighted by atomic mass is 35.5. The molecule has 0 bridgehead atoms. The average molecular weight is 449 g/mol. The Bertz CT molecular complexity index is 1070. The lowest BCUT2D eigenvalue weighted by atomic mass is 10.1. The van der Waals surface area contributed by atoms with Gasteiger partial charge in [0, 0.05) is 36.1 Å². The van der Waals surface area contributed by atoms with Crippen LogP contribution in [-0.2, 0) is 0 Å². The van der Waals surface area contributed by atoms with Crippen LogP contribution >= 0.6 is 24.0 Å². The minimum Gasteiger partial charge on any atom is -0.354 e. The summed E-state index contributed by atoms with van der Waals surface area (Å²) in [4.78, 5) is 24.1. The van der Waals surface area contributed by atoms with Gasteiger partial charge in [0.05, 0.1) is 16.3 Å². The Hall–Kier alpha value is -2.44. The Morgan fingerprint density at radius 3 is 2.57 bits per heavy atom. The molecule has 1 amide bonds. The van der Waals surface area contributed by atoms with Crippen LogP contribution in [0.15, 0.2) is 36.5 Å². The molecule has 0 spiro atoms. The summed E-state index contributed by atoms with van der Waals surface area (Å²) in [6.45, 7) is 3.36. The van der Waals surface area contributed by atoms with Gasteiger partial charge in [0.15, 0.2) is 5.65 Å². The van der Waals surface area contributed by atoms with Crippen molar-refractivity contribution in [3.8, 4) is 0 Å². The lowest BCUT2D eigenvalue weighted by Gasteiger charge is -2.22. The van der Waals surface area contributed by atoms with Crippen molar-refractivity contribution >= 4 is 52.3 Å². The predicted octanol–water partition coefficient (Wildman–Crippen LogP) is 5.91. The van der Waals surface area contributed by atoms with Gasteiger partial charge in [0.1, 0.15) is 5.82 Å². The summed E-state index contributed by atoms with van der Waals surface area (Å²) in [7, 11) is 0. The maximum atomic E-state index is 14.0. The van der Waals surface area contributed by atoms with Crippen molar-refractivity contribution in [3.05, 3.63) is 58.6 Å². The zero-order chi connectivity index (χ0) is 20.4. The average Bonchev–Trinajstić information content (AvgIpc) is 3.00. The molecule has 2 aromatic heterocycles. The van der Waals surface area contributed by atoms with Gasteiger partial charge >= 0.3 is 0 Å². The van der Waals surface area contributed by atoms with Crippen LogP contribution < -0.4 is 5.32 Å². The zero-order valence-electron chi connectivity index (χ0n) is 16.6. The summed E-state index contributed by atoms with van der Waals surface area (Å²) in [6, 6.07) is 8.24. The van der Waals surface area contributed by atoms with Crippen LogP contribution in [0, 0.1) is 12.7 Å². The predicted molar refractivity (Wildman–Crippen MR) is 121 cm³/mol. The van der Waals surface area contributed by atoms with Gasteiger partial charge in [-0.3, -0.25) is 4.79 Å². The normalized spacial score (nSPS) is 14.2. The number of benzene rings is 1. The maximum Gasteiger partial charge on any atom is 0.257 e. The number of carbonyl (C=O) groups excluding carboxylic acids is 1. The maximum absolute atomic E-state index is 14.0. The quantitative estimate of drug-likeness (QED) is 0.540. The molecule has 3 heterocycles. The molecule has 4 rings (SSSR count). The Balaban J connectivity index is 0.00000256. The van der Waals surface area contributed by atoms with Crippen molar-refractivity contribution < 1.29 is 9.18 Å². The summed E-state index contributed by atoms with van der Waals surface area (Å²) in [6.07, 6.45) is 5.84. The smallest absolute Gasteiger partial charge is 0.257 e. The molecule has 3 aromatic rings. The monoisotopic (exact) mass is 448 g/mol. The first-order chi connectivity index (χ1) is 14.0. The Kier molecular flexibility index (Phi) is 7.10. The molecule has 0 aliphatic carbocycles. The molecule has 1 aliphatic heterocycles. The molecule has 5 nitrogen and oxygen atoms in total. The SMILES string of the molecule is Cc1ccc2c(Nc3ccc(Cl)c(F)c3)c(C(=O)N3CCCCCC3)cnc2n1.Cl. The highest BCUT2D eigenvalue weighted by Crippen LogP contribution is 2.31. The van der Waals surface area contributed by atoms with Crippen molar-refractivity contribution in [2.24, 2.45) is 0 Å². The number of likely N-dealkylation sites (tertiary alicyclic amines) is 1. The fourth-order valence-corrected chi connectivity index (χ4v) is 3.75. The number of pyridine rings is 2. The van der Waals surface area contributed by atoms with Crippen LogP contribution in [0.2, 0.25) is 5.02 Å². The van der Waals surface area contributed by atoms with Crippen LogP contribution in [0.25, 0.3) is 11.0 Å². The minimum absolute atomic E-state index is 0. The molecule has 30 heavy (non-hydrogen) atoms. The molecule has 0 unspecified atom stereocenters. The van der Waals surface area contributed by atoms with E-state index in [0.29, 0.717) is 28.0 Å². The summed E-state index contributed by atoms with van der Waals surface area (Å²) < 4.78 is 14.0. The largest absolute Gasteiger partial charge is 0.354 e. The molecular weight excluding hydrogens is 426 g/mol. The molecule has 1 fully saturated rings. The van der Waals surface area contributed by atoms with Crippen molar-refractivity contribution in [3.63, 3.8) is 0 Å². The number of aromatic nitrogens is 2. The number of hydrogen-bond acceptors (Lipinski definition) is 4. The highest BCUT2D eigenvalue weighted by molar-refractivity contribution is 6.30. The third-order valence-corrected chi connectivity index (χ3v) is 5.49. The van der Waals surface area contributed by atoms with E-state index < -0.39 is 5.82 Å². The molecule has 0 saturated carbocycles. The van der Waals surface area contributed by atoms with E-state index >= 15 is 0 Å². The second-order valence-electron chi connectivity index (χ2n) is 7.33. The molecule has 1 saturated heterocycles. The van der Waals surface area contributed by atoms with E-state index in [1.165, 1.54) is 12.1 Å². The summed E-state index contributed by atoms with van der Waals surface area (Å²) in [5.41, 5.74) is 2.92. The lowest BCUT2D eigenvalue weighted by molar-refractivity contribution is 0.0762. The number of aryl methyl sites for hydroxylation is 1. The number of nitrogens with one attached hydrogen (secondary N) is 1. The summed E-state index contributed by atoms with van der Waals surface area (Å²) >= 11 is 5.81. The molecule has 0 atom stereocenters. The Morgan fingerprint density at radius 2 is 1.87 bits per heavy atom. The number of rotatable bonds is 3. The molecule has 1 aliphatic rings. The van der Waals surface area contributed by atoms with Crippen molar-refractivity contribution in [1.29, 1.82) is 0 Å². The van der Waals surface area contributed by atoms with E-state index in [-0.39, 0.29) is 23.3 Å². The second kappa shape index (κ2) is 9.58. The molecule has 8 heteroatoms. The molecule has 1 N–H and O–H groups in total. The van der Waals surface area contributed by atoms with E-state index in [2.05, 4.69) is 15.3 Å². The number of hydrogen-bond donors (Lipinski definition) is 1. The Morgan fingerprint density at radius 1 is 1.13 bits per heavy atom. The van der Waals surface area contributed by atoms with E-state index in [1.807, 2.05) is 24.0 Å². The first kappa shape index (κ1) is 22.2. The van der Waals surface area contributed by atoms with Gasteiger partial charge < -0.3 is 10.2 Å². The first-order valence-electron chi connectivity index (χ1n) is 9.80. The fraction of sp³-hybridized carbons (Fsp3) is 0.318. The van der Waals surface area contributed by atoms with Crippen LogP contribution in [0.1, 0.15) is 41.7 Å². The van der Waals surface area contributed by atoms with Crippen LogP contribution in [-0.4, -0.2) is 33.9 Å². The molecule has 158 valence electrons. The topological polar surface area (TPSA) is 58.1 Å². The summed E-state index contributed by atoms with van der Waals surface area (Å²) in [5.74, 6) is -0.594. The number of nitrogens with zero attached hydrogens (tertiary/aromatic N) is 3. The number of amides is 1. The van der Waals surface area contributed by atoms with Gasteiger partial charge in [-0.05, 0) is 50.1 Å². The number of halogens is 3. The minimum atomic E-state index is -0.524. The Labute approximate surface area is 186 Å². The van der Waals surface area contributed by atoms with Crippen LogP contribution in [0.4, 0.5) is 15.8 Å². The van der Waals surface area contributed by atoms with Crippen LogP contribution in [0.5, 0.6) is 0 Å². The van der Waals surface area contributed by atoms with Gasteiger partial charge in [0.2, 0.25) is 0 Å². The number of carbonyl (C=O) groups is 1. The highest BCUT2D eigenvalue weighted by Gasteiger charge is 2.23. The van der Waals surface area contributed by atoms with Crippen molar-refractivity contribution in [2.45, 2.75) is 32.6 Å². The zero-order valence-corrected chi connectivity index (χ0v) is 18.2. The van der Waals surface area contributed by atoms with Crippen LogP contribution in [0.3, 0.4) is 0 Å². The number of anilines is 2. The third-order valence-electron chi connectivity index (χ3n) is 5.18. The van der Waals surface area contributed by atoms with E-state index in [1.54, 1.807) is 12.3 Å². The second-order valence-corrected chi connectivity index (χ2v) is 7.74. The number of fused-ring (bicyclic) bond motifs is 1. The van der Waals surface area contributed by atoms with Crippen molar-refractivity contribution in [1.82, 2.24) is 14.9 Å². The van der Waals surface area contributed by atoms with Gasteiger partial charge in [0.25, 0.3) is 5.91 Å². The standard InChI is InChI=1S/C22H22ClFN4O.ClH/c1-14-6-8-16-20(27-15-7-9-18(23)19(24)12-15)17(13-25-21(16)26-14)22(29)28-10-4-2-3-5-11-28;/h6-9,12-13H,2-5,10-11H2,1H3,(H,25,26,27);1H. The first-order valence-corrected chi connectivity index (χ1v) is 10.2. The van der Waals surface area contributed by atoms with Gasteiger partial charge in [-0.1, -0.05) is 24.4 Å². The lowest BCUT2D eigenvalue weighted by Crippen LogP contribution is -2.32. The third kappa shape index (κ3) is 4.65. The van der Waals surface area contributed by atoms with E-state index in [0.717, 1.165) is 44.5 Å². The van der Waals surface area contributed by atoms with Crippen molar-refractivity contribution in [2.75, 3.05) is 18.4 Å². The molecule has 0 radical (unpaired) electrons. The van der Waals surface area contributed by atoms with Gasteiger partial charge in [-0.15, -0.1) is 12.4 Å². The fourth-order valence-electron chi connectivity index (χ4n) is 3.63. The van der Waals surface area contributed by atoms with E-state index in [9.17, 15) is 9.18 Å². The van der Waals surface area contributed by atoms with E-state index in [4.69, 9.17) is 11.6 Å².